The van der Waals surface area contributed by atoms with E-state index in [1.54, 1.807) is 0 Å². The normalized spacial score (nSPS) is 34.9. The van der Waals surface area contributed by atoms with E-state index in [0.717, 1.165) is 38.7 Å². The molecule has 1 aliphatic rings. The van der Waals surface area contributed by atoms with Crippen LogP contribution in [0.2, 0.25) is 0 Å². The molecule has 0 amide bonds. The van der Waals surface area contributed by atoms with Gasteiger partial charge in [0.05, 0.1) is 4.91 Å². The van der Waals surface area contributed by atoms with Crippen molar-refractivity contribution >= 4 is 9.84 Å². The van der Waals surface area contributed by atoms with E-state index in [1.165, 1.54) is 0 Å². The zero-order chi connectivity index (χ0) is 12.6. The number of sulfone groups is 1. The fraction of sp³-hybridized carbons (Fsp3) is 0.556. The van der Waals surface area contributed by atoms with Crippen LogP contribution >= 0.6 is 0 Å². The van der Waals surface area contributed by atoms with E-state index in [9.17, 15) is 18.6 Å². The molecule has 6 nitrogen and oxygen atoms in total. The van der Waals surface area contributed by atoms with E-state index >= 15 is 0 Å². The molecule has 0 aliphatic heterocycles. The lowest BCUT2D eigenvalue weighted by Gasteiger charge is -2.38. The summed E-state index contributed by atoms with van der Waals surface area (Å²) in [5, 5.41) is 19.8. The van der Waals surface area contributed by atoms with Gasteiger partial charge in [-0.05, 0) is 18.2 Å². The molecule has 0 aromatic rings. The molecule has 0 fully saturated rings. The monoisotopic (exact) mass is 250 g/mol. The first kappa shape index (κ1) is 13.3. The molecule has 0 heterocycles. The van der Waals surface area contributed by atoms with Crippen molar-refractivity contribution in [3.8, 4) is 0 Å². The topological polar surface area (TPSA) is 93.1 Å². The lowest BCUT2D eigenvalue weighted by atomic mass is 10.0. The van der Waals surface area contributed by atoms with Crippen LogP contribution in [0.4, 0.5) is 0 Å². The average Bonchev–Trinajstić information content (AvgIpc) is 2.20. The van der Waals surface area contributed by atoms with Gasteiger partial charge in [0.1, 0.15) is 0 Å². The summed E-state index contributed by atoms with van der Waals surface area (Å²) in [5.74, 6) is -4.36. The molecule has 0 saturated heterocycles. The maximum Gasteiger partial charge on any atom is 0.246 e. The van der Waals surface area contributed by atoms with E-state index in [4.69, 9.17) is 9.47 Å². The van der Waals surface area contributed by atoms with Gasteiger partial charge in [-0.25, -0.2) is 8.42 Å². The van der Waals surface area contributed by atoms with Gasteiger partial charge in [-0.1, -0.05) is 0 Å². The fourth-order valence-corrected chi connectivity index (χ4v) is 2.00. The molecule has 92 valence electrons. The average molecular weight is 250 g/mol. The third-order valence-corrected chi connectivity index (χ3v) is 3.49. The van der Waals surface area contributed by atoms with Crippen LogP contribution in [-0.4, -0.2) is 50.7 Å². The minimum atomic E-state index is -3.50. The van der Waals surface area contributed by atoms with E-state index in [1.807, 2.05) is 0 Å². The van der Waals surface area contributed by atoms with Gasteiger partial charge in [0, 0.05) is 20.5 Å². The fourth-order valence-electron chi connectivity index (χ4n) is 1.31. The number of allylic oxidation sites excluding steroid dienone is 1. The Morgan fingerprint density at radius 1 is 1.19 bits per heavy atom. The second-order valence-corrected chi connectivity index (χ2v) is 5.47. The maximum atomic E-state index is 11.3. The quantitative estimate of drug-likeness (QED) is 0.634. The zero-order valence-electron chi connectivity index (χ0n) is 9.17. The molecule has 0 aromatic carbocycles. The highest BCUT2D eigenvalue weighted by Crippen LogP contribution is 2.33. The molecule has 0 aromatic heterocycles. The Bertz CT molecular complexity index is 437. The van der Waals surface area contributed by atoms with Gasteiger partial charge in [0.2, 0.25) is 11.6 Å². The predicted molar refractivity (Wildman–Crippen MR) is 56.0 cm³/mol. The third-order valence-electron chi connectivity index (χ3n) is 2.38. The van der Waals surface area contributed by atoms with Gasteiger partial charge >= 0.3 is 0 Å². The van der Waals surface area contributed by atoms with E-state index in [-0.39, 0.29) is 4.91 Å². The Hall–Kier alpha value is -0.730. The largest absolute Gasteiger partial charge is 0.358 e. The molecule has 16 heavy (non-hydrogen) atoms. The molecule has 7 heteroatoms. The van der Waals surface area contributed by atoms with Gasteiger partial charge in [-0.3, -0.25) is 0 Å². The Morgan fingerprint density at radius 3 is 2.06 bits per heavy atom. The Kier molecular flexibility index (Phi) is 3.28. The number of rotatable bonds is 3. The summed E-state index contributed by atoms with van der Waals surface area (Å²) in [6.07, 6.45) is 4.04. The highest BCUT2D eigenvalue weighted by molar-refractivity contribution is 7.94. The summed E-state index contributed by atoms with van der Waals surface area (Å²) < 4.78 is 32.0. The Balaban J connectivity index is 3.30. The van der Waals surface area contributed by atoms with Crippen LogP contribution in [0.1, 0.15) is 0 Å². The van der Waals surface area contributed by atoms with Crippen LogP contribution in [0.25, 0.3) is 0 Å². The minimum absolute atomic E-state index is 0.154. The summed E-state index contributed by atoms with van der Waals surface area (Å²) in [7, 11) is -1.21. The molecule has 1 aliphatic carbocycles. The first-order chi connectivity index (χ1) is 7.18. The van der Waals surface area contributed by atoms with Crippen LogP contribution in [0, 0.1) is 0 Å². The van der Waals surface area contributed by atoms with Crippen LogP contribution in [-0.2, 0) is 19.3 Å². The second kappa shape index (κ2) is 3.94. The summed E-state index contributed by atoms with van der Waals surface area (Å²) in [4.78, 5) is -0.154. The van der Waals surface area contributed by atoms with Crippen molar-refractivity contribution in [1.29, 1.82) is 0 Å². The number of ether oxygens (including phenoxy) is 2. The van der Waals surface area contributed by atoms with Crippen molar-refractivity contribution in [1.82, 2.24) is 0 Å². The Morgan fingerprint density at radius 2 is 1.69 bits per heavy atom. The molecular weight excluding hydrogens is 236 g/mol. The minimum Gasteiger partial charge on any atom is -0.358 e. The molecule has 2 unspecified atom stereocenters. The van der Waals surface area contributed by atoms with Crippen molar-refractivity contribution < 1.29 is 28.1 Å². The van der Waals surface area contributed by atoms with Crippen LogP contribution in [0.3, 0.4) is 0 Å². The van der Waals surface area contributed by atoms with Gasteiger partial charge < -0.3 is 19.7 Å². The van der Waals surface area contributed by atoms with Crippen molar-refractivity contribution in [2.45, 2.75) is 11.6 Å². The Labute approximate surface area is 93.7 Å². The van der Waals surface area contributed by atoms with E-state index < -0.39 is 21.4 Å². The third kappa shape index (κ3) is 2.04. The van der Waals surface area contributed by atoms with E-state index in [2.05, 4.69) is 0 Å². The van der Waals surface area contributed by atoms with Gasteiger partial charge in [0.25, 0.3) is 0 Å². The SMILES string of the molecule is COC1(O)C=CC(S(C)(=O)=O)=CC1(O)OC. The van der Waals surface area contributed by atoms with Crippen LogP contribution < -0.4 is 0 Å². The lowest BCUT2D eigenvalue weighted by molar-refractivity contribution is -0.327. The van der Waals surface area contributed by atoms with Gasteiger partial charge in [-0.2, -0.15) is 0 Å². The lowest BCUT2D eigenvalue weighted by Crippen LogP contribution is -2.55. The number of methoxy groups -OCH3 is 2. The number of hydrogen-bond donors (Lipinski definition) is 2. The summed E-state index contributed by atoms with van der Waals surface area (Å²) in [6.45, 7) is 0. The molecule has 2 N–H and O–H groups in total. The summed E-state index contributed by atoms with van der Waals surface area (Å²) in [5.41, 5.74) is 0. The first-order valence-corrected chi connectivity index (χ1v) is 6.25. The second-order valence-electron chi connectivity index (χ2n) is 3.45. The summed E-state index contributed by atoms with van der Waals surface area (Å²) in [6, 6.07) is 0. The number of aliphatic hydroxyl groups is 2. The molecule has 1 rings (SSSR count). The molecular formula is C9H14O6S. The van der Waals surface area contributed by atoms with E-state index in [0.29, 0.717) is 0 Å². The van der Waals surface area contributed by atoms with Crippen LogP contribution in [0.15, 0.2) is 23.1 Å². The van der Waals surface area contributed by atoms with Crippen LogP contribution in [0.5, 0.6) is 0 Å². The molecule has 0 saturated carbocycles. The molecule has 2 atom stereocenters. The first-order valence-electron chi connectivity index (χ1n) is 4.36. The van der Waals surface area contributed by atoms with Crippen molar-refractivity contribution in [3.05, 3.63) is 23.1 Å². The highest BCUT2D eigenvalue weighted by Gasteiger charge is 2.50. The maximum absolute atomic E-state index is 11.3. The van der Waals surface area contributed by atoms with Crippen molar-refractivity contribution in [3.63, 3.8) is 0 Å². The molecule has 0 bridgehead atoms. The number of hydrogen-bond acceptors (Lipinski definition) is 6. The highest BCUT2D eigenvalue weighted by atomic mass is 32.2. The molecule has 0 radical (unpaired) electrons. The standard InChI is InChI=1S/C9H14O6S/c1-14-8(10)5-4-7(16(3,12)13)6-9(8,11)15-2/h4-6,10-11H,1-3H3. The zero-order valence-corrected chi connectivity index (χ0v) is 9.98. The van der Waals surface area contributed by atoms with Gasteiger partial charge in [-0.15, -0.1) is 0 Å². The predicted octanol–water partition coefficient (Wildman–Crippen LogP) is -0.845. The van der Waals surface area contributed by atoms with Crippen molar-refractivity contribution in [2.24, 2.45) is 0 Å². The molecule has 0 spiro atoms. The smallest absolute Gasteiger partial charge is 0.246 e. The van der Waals surface area contributed by atoms with Crippen molar-refractivity contribution in [2.75, 3.05) is 20.5 Å². The van der Waals surface area contributed by atoms with Gasteiger partial charge in [0.15, 0.2) is 9.84 Å². The summed E-state index contributed by atoms with van der Waals surface area (Å²) >= 11 is 0.